The van der Waals surface area contributed by atoms with E-state index in [1.54, 1.807) is 7.11 Å². The van der Waals surface area contributed by atoms with Crippen molar-refractivity contribution in [2.75, 3.05) is 7.11 Å². The first-order chi connectivity index (χ1) is 10.1. The Hall–Kier alpha value is -1.71. The van der Waals surface area contributed by atoms with Crippen LogP contribution in [0.4, 0.5) is 0 Å². The Morgan fingerprint density at radius 1 is 1.19 bits per heavy atom. The predicted molar refractivity (Wildman–Crippen MR) is 86.5 cm³/mol. The average Bonchev–Trinajstić information content (AvgIpc) is 2.48. The third kappa shape index (κ3) is 3.49. The molecule has 0 fully saturated rings. The van der Waals surface area contributed by atoms with Gasteiger partial charge in [-0.1, -0.05) is 24.6 Å². The molecule has 0 amide bonds. The second-order valence-corrected chi connectivity index (χ2v) is 5.28. The molecule has 0 aliphatic heterocycles. The molecule has 0 unspecified atom stereocenters. The minimum atomic E-state index is -0.186. The normalized spacial score (nSPS) is 12.0. The van der Waals surface area contributed by atoms with Gasteiger partial charge in [0.15, 0.2) is 0 Å². The lowest BCUT2D eigenvalue weighted by atomic mass is 10.1. The van der Waals surface area contributed by atoms with E-state index in [1.807, 2.05) is 43.3 Å². The molecule has 0 radical (unpaired) electrons. The Morgan fingerprint density at radius 2 is 1.90 bits per heavy atom. The van der Waals surface area contributed by atoms with Gasteiger partial charge in [-0.3, -0.25) is 0 Å². The molecule has 0 bridgehead atoms. The van der Waals surface area contributed by atoms with E-state index >= 15 is 0 Å². The number of halogens is 1. The van der Waals surface area contributed by atoms with Gasteiger partial charge < -0.3 is 15.2 Å². The lowest BCUT2D eigenvalue weighted by Crippen LogP contribution is -2.08. The SMILES string of the molecule is CCc1cc(Oc2cccc(OC)c2[C@@H](C)N)ccc1Cl. The summed E-state index contributed by atoms with van der Waals surface area (Å²) in [5.41, 5.74) is 7.95. The molecule has 2 rings (SSSR count). The van der Waals surface area contributed by atoms with Crippen LogP contribution in [0.2, 0.25) is 5.02 Å². The van der Waals surface area contributed by atoms with Crippen LogP contribution in [-0.4, -0.2) is 7.11 Å². The van der Waals surface area contributed by atoms with Gasteiger partial charge in [-0.05, 0) is 49.2 Å². The largest absolute Gasteiger partial charge is 0.496 e. The standard InChI is InChI=1S/C17H20ClNO2/c1-4-12-10-13(8-9-14(12)18)21-16-7-5-6-15(20-3)17(16)11(2)19/h5-11H,4,19H2,1-3H3/t11-/m1/s1. The van der Waals surface area contributed by atoms with Gasteiger partial charge in [0.2, 0.25) is 0 Å². The zero-order valence-electron chi connectivity index (χ0n) is 12.5. The third-order valence-electron chi connectivity index (χ3n) is 3.33. The van der Waals surface area contributed by atoms with E-state index in [9.17, 15) is 0 Å². The highest BCUT2D eigenvalue weighted by atomic mass is 35.5. The quantitative estimate of drug-likeness (QED) is 0.869. The number of hydrogen-bond acceptors (Lipinski definition) is 3. The Kier molecular flexibility index (Phi) is 5.10. The summed E-state index contributed by atoms with van der Waals surface area (Å²) in [5.74, 6) is 2.17. The van der Waals surface area contributed by atoms with E-state index in [4.69, 9.17) is 26.8 Å². The number of benzene rings is 2. The van der Waals surface area contributed by atoms with Crippen molar-refractivity contribution in [3.8, 4) is 17.2 Å². The van der Waals surface area contributed by atoms with Crippen molar-refractivity contribution in [3.63, 3.8) is 0 Å². The van der Waals surface area contributed by atoms with Crippen LogP contribution in [0.1, 0.15) is 31.0 Å². The summed E-state index contributed by atoms with van der Waals surface area (Å²) in [6.07, 6.45) is 0.855. The van der Waals surface area contributed by atoms with Crippen LogP contribution in [0.15, 0.2) is 36.4 Å². The molecule has 2 aromatic rings. The molecule has 0 heterocycles. The summed E-state index contributed by atoms with van der Waals surface area (Å²) in [6, 6.07) is 11.1. The summed E-state index contributed by atoms with van der Waals surface area (Å²) >= 11 is 6.13. The number of hydrogen-bond donors (Lipinski definition) is 1. The first-order valence-corrected chi connectivity index (χ1v) is 7.33. The van der Waals surface area contributed by atoms with Crippen molar-refractivity contribution in [2.45, 2.75) is 26.3 Å². The molecule has 0 spiro atoms. The zero-order valence-corrected chi connectivity index (χ0v) is 13.3. The molecule has 21 heavy (non-hydrogen) atoms. The number of rotatable bonds is 5. The van der Waals surface area contributed by atoms with Crippen molar-refractivity contribution in [1.29, 1.82) is 0 Å². The molecular weight excluding hydrogens is 286 g/mol. The van der Waals surface area contributed by atoms with Gasteiger partial charge in [-0.25, -0.2) is 0 Å². The molecule has 0 aromatic heterocycles. The first-order valence-electron chi connectivity index (χ1n) is 6.95. The van der Waals surface area contributed by atoms with Gasteiger partial charge in [-0.2, -0.15) is 0 Å². The zero-order chi connectivity index (χ0) is 15.4. The van der Waals surface area contributed by atoms with Crippen LogP contribution in [-0.2, 0) is 6.42 Å². The minimum absolute atomic E-state index is 0.186. The highest BCUT2D eigenvalue weighted by molar-refractivity contribution is 6.31. The van der Waals surface area contributed by atoms with Gasteiger partial charge in [0.1, 0.15) is 17.2 Å². The fraction of sp³-hybridized carbons (Fsp3) is 0.294. The molecule has 2 aromatic carbocycles. The molecule has 4 heteroatoms. The summed E-state index contributed by atoms with van der Waals surface area (Å²) < 4.78 is 11.4. The number of ether oxygens (including phenoxy) is 2. The Morgan fingerprint density at radius 3 is 2.52 bits per heavy atom. The van der Waals surface area contributed by atoms with Gasteiger partial charge in [0, 0.05) is 11.1 Å². The number of methoxy groups -OCH3 is 1. The summed E-state index contributed by atoms with van der Waals surface area (Å²) in [4.78, 5) is 0. The maximum absolute atomic E-state index is 6.13. The maximum atomic E-state index is 6.13. The highest BCUT2D eigenvalue weighted by Gasteiger charge is 2.15. The summed E-state index contributed by atoms with van der Waals surface area (Å²) in [5, 5.41) is 0.753. The van der Waals surface area contributed by atoms with Crippen molar-refractivity contribution in [1.82, 2.24) is 0 Å². The van der Waals surface area contributed by atoms with E-state index in [1.165, 1.54) is 0 Å². The second-order valence-electron chi connectivity index (χ2n) is 4.87. The highest BCUT2D eigenvalue weighted by Crippen LogP contribution is 2.36. The lowest BCUT2D eigenvalue weighted by Gasteiger charge is -2.17. The fourth-order valence-electron chi connectivity index (χ4n) is 2.25. The van der Waals surface area contributed by atoms with E-state index in [0.29, 0.717) is 5.75 Å². The maximum Gasteiger partial charge on any atom is 0.135 e. The van der Waals surface area contributed by atoms with Gasteiger partial charge in [-0.15, -0.1) is 0 Å². The molecule has 0 saturated carbocycles. The van der Waals surface area contributed by atoms with E-state index in [0.717, 1.165) is 34.1 Å². The van der Waals surface area contributed by atoms with Gasteiger partial charge >= 0.3 is 0 Å². The van der Waals surface area contributed by atoms with E-state index < -0.39 is 0 Å². The van der Waals surface area contributed by atoms with Gasteiger partial charge in [0.25, 0.3) is 0 Å². The Labute approximate surface area is 130 Å². The molecule has 1 atom stereocenters. The average molecular weight is 306 g/mol. The minimum Gasteiger partial charge on any atom is -0.496 e. The molecule has 0 aliphatic rings. The number of nitrogens with two attached hydrogens (primary N) is 1. The Balaban J connectivity index is 2.39. The molecular formula is C17H20ClNO2. The van der Waals surface area contributed by atoms with Crippen LogP contribution in [0.25, 0.3) is 0 Å². The molecule has 0 aliphatic carbocycles. The lowest BCUT2D eigenvalue weighted by molar-refractivity contribution is 0.397. The van der Waals surface area contributed by atoms with Crippen LogP contribution in [0.5, 0.6) is 17.2 Å². The van der Waals surface area contributed by atoms with E-state index in [-0.39, 0.29) is 6.04 Å². The van der Waals surface area contributed by atoms with Crippen molar-refractivity contribution < 1.29 is 9.47 Å². The molecule has 3 nitrogen and oxygen atoms in total. The molecule has 0 saturated heterocycles. The van der Waals surface area contributed by atoms with Crippen LogP contribution < -0.4 is 15.2 Å². The third-order valence-corrected chi connectivity index (χ3v) is 3.70. The fourth-order valence-corrected chi connectivity index (χ4v) is 2.50. The Bertz CT molecular complexity index is 626. The smallest absolute Gasteiger partial charge is 0.135 e. The molecule has 2 N–H and O–H groups in total. The monoisotopic (exact) mass is 305 g/mol. The summed E-state index contributed by atoms with van der Waals surface area (Å²) in [6.45, 7) is 3.97. The number of aryl methyl sites for hydroxylation is 1. The predicted octanol–water partition coefficient (Wildman–Crippen LogP) is 4.72. The summed E-state index contributed by atoms with van der Waals surface area (Å²) in [7, 11) is 1.63. The van der Waals surface area contributed by atoms with E-state index in [2.05, 4.69) is 6.92 Å². The van der Waals surface area contributed by atoms with Crippen molar-refractivity contribution in [3.05, 3.63) is 52.5 Å². The van der Waals surface area contributed by atoms with Crippen LogP contribution in [0.3, 0.4) is 0 Å². The topological polar surface area (TPSA) is 44.5 Å². The molecule has 112 valence electrons. The first kappa shape index (κ1) is 15.7. The second kappa shape index (κ2) is 6.83. The van der Waals surface area contributed by atoms with Crippen LogP contribution in [0, 0.1) is 0 Å². The van der Waals surface area contributed by atoms with Crippen molar-refractivity contribution >= 4 is 11.6 Å². The van der Waals surface area contributed by atoms with Crippen molar-refractivity contribution in [2.24, 2.45) is 5.73 Å². The van der Waals surface area contributed by atoms with Crippen LogP contribution >= 0.6 is 11.6 Å². The van der Waals surface area contributed by atoms with Gasteiger partial charge in [0.05, 0.1) is 12.7 Å².